The van der Waals surface area contributed by atoms with Gasteiger partial charge in [-0.2, -0.15) is 0 Å². The molecule has 2 amide bonds. The van der Waals surface area contributed by atoms with E-state index in [1.165, 1.54) is 25.3 Å². The van der Waals surface area contributed by atoms with Crippen molar-refractivity contribution in [3.63, 3.8) is 0 Å². The number of unbranched alkanes of at least 4 members (excludes halogenated alkanes) is 4. The van der Waals surface area contributed by atoms with Gasteiger partial charge in [0.25, 0.3) is 0 Å². The third-order valence-electron chi connectivity index (χ3n) is 6.08. The molecule has 3 rings (SSSR count). The van der Waals surface area contributed by atoms with E-state index in [1.54, 1.807) is 11.9 Å². The number of hydrogen-bond acceptors (Lipinski definition) is 3. The van der Waals surface area contributed by atoms with Crippen LogP contribution in [0.25, 0.3) is 17.2 Å². The van der Waals surface area contributed by atoms with Crippen molar-refractivity contribution in [1.82, 2.24) is 5.32 Å². The van der Waals surface area contributed by atoms with E-state index in [1.807, 2.05) is 78.9 Å². The Labute approximate surface area is 219 Å². The number of amides is 2. The van der Waals surface area contributed by atoms with Crippen molar-refractivity contribution < 1.29 is 19.4 Å². The van der Waals surface area contributed by atoms with Crippen molar-refractivity contribution in [2.45, 2.75) is 45.6 Å². The number of carboxylic acids is 1. The lowest BCUT2D eigenvalue weighted by Gasteiger charge is -2.19. The zero-order chi connectivity index (χ0) is 26.5. The summed E-state index contributed by atoms with van der Waals surface area (Å²) in [6.45, 7) is 3.05. The van der Waals surface area contributed by atoms with Gasteiger partial charge >= 0.3 is 12.0 Å². The predicted molar refractivity (Wildman–Crippen MR) is 149 cm³/mol. The van der Waals surface area contributed by atoms with Crippen LogP contribution in [0.3, 0.4) is 0 Å². The number of carbonyl (C=O) groups excluding carboxylic acids is 1. The largest absolute Gasteiger partial charge is 0.482 e. The molecule has 0 aromatic heterocycles. The van der Waals surface area contributed by atoms with Crippen molar-refractivity contribution >= 4 is 23.8 Å². The molecule has 0 atom stereocenters. The molecular formula is C31H36N2O4. The highest BCUT2D eigenvalue weighted by molar-refractivity contribution is 5.92. The van der Waals surface area contributed by atoms with Crippen LogP contribution in [-0.4, -0.2) is 30.7 Å². The summed E-state index contributed by atoms with van der Waals surface area (Å²) in [5.74, 6) is -1.23. The first-order valence-electron chi connectivity index (χ1n) is 12.8. The van der Waals surface area contributed by atoms with E-state index >= 15 is 0 Å². The third-order valence-corrected chi connectivity index (χ3v) is 6.08. The van der Waals surface area contributed by atoms with Crippen LogP contribution in [0.5, 0.6) is 0 Å². The first-order chi connectivity index (χ1) is 18.0. The Bertz CT molecular complexity index is 1170. The SMILES string of the molecule is CCCCCCCNC(=O)N(C)c1cccc(-c2ccc(C=C(OCc3ccccc3)C(=O)O)cc2)c1. The average Bonchev–Trinajstić information content (AvgIpc) is 2.93. The van der Waals surface area contributed by atoms with Gasteiger partial charge in [0, 0.05) is 19.3 Å². The lowest BCUT2D eigenvalue weighted by molar-refractivity contribution is -0.136. The van der Waals surface area contributed by atoms with Crippen LogP contribution in [0.15, 0.2) is 84.6 Å². The van der Waals surface area contributed by atoms with Crippen molar-refractivity contribution in [2.75, 3.05) is 18.5 Å². The summed E-state index contributed by atoms with van der Waals surface area (Å²) in [6.07, 6.45) is 7.29. The van der Waals surface area contributed by atoms with Crippen LogP contribution in [0.4, 0.5) is 10.5 Å². The van der Waals surface area contributed by atoms with Crippen molar-refractivity contribution in [2.24, 2.45) is 0 Å². The number of nitrogens with one attached hydrogen (secondary N) is 1. The number of carboxylic acid groups (broad SMARTS) is 1. The number of aliphatic carboxylic acids is 1. The molecule has 0 saturated heterocycles. The second kappa shape index (κ2) is 14.5. The van der Waals surface area contributed by atoms with E-state index in [9.17, 15) is 14.7 Å². The number of anilines is 1. The summed E-state index contributed by atoms with van der Waals surface area (Å²) in [5.41, 5.74) is 4.35. The molecule has 0 aliphatic rings. The fourth-order valence-corrected chi connectivity index (χ4v) is 3.88. The standard InChI is InChI=1S/C31H36N2O4/c1-3-4-5-6-10-20-32-31(36)33(2)28-15-11-14-27(22-28)26-18-16-24(17-19-26)21-29(30(34)35)37-23-25-12-8-7-9-13-25/h7-9,11-19,21-22H,3-6,10,20,23H2,1-2H3,(H,32,36)(H,34,35). The molecule has 0 heterocycles. The maximum atomic E-state index is 12.6. The minimum Gasteiger partial charge on any atom is -0.482 e. The molecule has 0 unspecified atom stereocenters. The molecule has 0 aliphatic heterocycles. The number of urea groups is 1. The lowest BCUT2D eigenvalue weighted by atomic mass is 10.0. The minimum atomic E-state index is -1.12. The summed E-state index contributed by atoms with van der Waals surface area (Å²) >= 11 is 0. The molecular weight excluding hydrogens is 464 g/mol. The number of carbonyl (C=O) groups is 2. The predicted octanol–water partition coefficient (Wildman–Crippen LogP) is 7.11. The second-order valence-corrected chi connectivity index (χ2v) is 8.97. The van der Waals surface area contributed by atoms with E-state index in [0.717, 1.165) is 40.8 Å². The molecule has 3 aromatic carbocycles. The monoisotopic (exact) mass is 500 g/mol. The fraction of sp³-hybridized carbons (Fsp3) is 0.290. The van der Waals surface area contributed by atoms with Crippen LogP contribution in [-0.2, 0) is 16.1 Å². The van der Waals surface area contributed by atoms with E-state index in [-0.39, 0.29) is 18.4 Å². The molecule has 6 heteroatoms. The molecule has 0 radical (unpaired) electrons. The highest BCUT2D eigenvalue weighted by Crippen LogP contribution is 2.25. The maximum absolute atomic E-state index is 12.6. The summed E-state index contributed by atoms with van der Waals surface area (Å²) < 4.78 is 5.54. The Kier molecular flexibility index (Phi) is 10.8. The van der Waals surface area contributed by atoms with Gasteiger partial charge in [-0.3, -0.25) is 4.90 Å². The van der Waals surface area contributed by atoms with Gasteiger partial charge < -0.3 is 15.2 Å². The molecule has 37 heavy (non-hydrogen) atoms. The van der Waals surface area contributed by atoms with Crippen LogP contribution < -0.4 is 10.2 Å². The van der Waals surface area contributed by atoms with Gasteiger partial charge in [0.2, 0.25) is 5.76 Å². The number of rotatable bonds is 13. The van der Waals surface area contributed by atoms with Gasteiger partial charge in [0.15, 0.2) is 0 Å². The molecule has 194 valence electrons. The van der Waals surface area contributed by atoms with Crippen molar-refractivity contribution in [3.8, 4) is 11.1 Å². The second-order valence-electron chi connectivity index (χ2n) is 8.97. The number of benzene rings is 3. The van der Waals surface area contributed by atoms with Gasteiger partial charge in [-0.25, -0.2) is 9.59 Å². The van der Waals surface area contributed by atoms with Gasteiger partial charge in [0.1, 0.15) is 6.61 Å². The number of hydrogen-bond donors (Lipinski definition) is 2. The van der Waals surface area contributed by atoms with Crippen LogP contribution in [0, 0.1) is 0 Å². The van der Waals surface area contributed by atoms with Crippen molar-refractivity contribution in [3.05, 3.63) is 95.7 Å². The highest BCUT2D eigenvalue weighted by Gasteiger charge is 2.12. The Morgan fingerprint density at radius 2 is 1.62 bits per heavy atom. The van der Waals surface area contributed by atoms with Gasteiger partial charge in [-0.05, 0) is 46.9 Å². The molecule has 0 saturated carbocycles. The molecule has 0 fully saturated rings. The van der Waals surface area contributed by atoms with E-state index in [2.05, 4.69) is 12.2 Å². The normalized spacial score (nSPS) is 11.1. The van der Waals surface area contributed by atoms with Crippen LogP contribution in [0.1, 0.15) is 50.2 Å². The number of ether oxygens (including phenoxy) is 1. The summed E-state index contributed by atoms with van der Waals surface area (Å²) in [5, 5.41) is 12.5. The summed E-state index contributed by atoms with van der Waals surface area (Å²) in [4.78, 5) is 25.9. The van der Waals surface area contributed by atoms with E-state index in [0.29, 0.717) is 6.54 Å². The van der Waals surface area contributed by atoms with E-state index in [4.69, 9.17) is 4.74 Å². The summed E-state index contributed by atoms with van der Waals surface area (Å²) in [7, 11) is 1.77. The molecule has 3 aromatic rings. The number of nitrogens with zero attached hydrogens (tertiary/aromatic N) is 1. The fourth-order valence-electron chi connectivity index (χ4n) is 3.88. The third kappa shape index (κ3) is 8.83. The van der Waals surface area contributed by atoms with Crippen molar-refractivity contribution in [1.29, 1.82) is 0 Å². The van der Waals surface area contributed by atoms with Gasteiger partial charge in [0.05, 0.1) is 0 Å². The minimum absolute atomic E-state index is 0.114. The first-order valence-corrected chi connectivity index (χ1v) is 12.8. The molecule has 6 nitrogen and oxygen atoms in total. The lowest BCUT2D eigenvalue weighted by Crippen LogP contribution is -2.37. The molecule has 2 N–H and O–H groups in total. The quantitative estimate of drug-likeness (QED) is 0.149. The Morgan fingerprint density at radius 1 is 0.892 bits per heavy atom. The molecule has 0 spiro atoms. The molecule has 0 aliphatic carbocycles. The topological polar surface area (TPSA) is 78.9 Å². The van der Waals surface area contributed by atoms with Crippen LogP contribution in [0.2, 0.25) is 0 Å². The Morgan fingerprint density at radius 3 is 2.32 bits per heavy atom. The van der Waals surface area contributed by atoms with Gasteiger partial charge in [-0.15, -0.1) is 0 Å². The van der Waals surface area contributed by atoms with Crippen LogP contribution >= 0.6 is 0 Å². The maximum Gasteiger partial charge on any atom is 0.371 e. The molecule has 0 bridgehead atoms. The zero-order valence-electron chi connectivity index (χ0n) is 21.7. The Balaban J connectivity index is 1.62. The average molecular weight is 501 g/mol. The van der Waals surface area contributed by atoms with E-state index < -0.39 is 5.97 Å². The summed E-state index contributed by atoms with van der Waals surface area (Å²) in [6, 6.07) is 24.7. The zero-order valence-corrected chi connectivity index (χ0v) is 21.7. The highest BCUT2D eigenvalue weighted by atomic mass is 16.5. The first kappa shape index (κ1) is 27.5. The smallest absolute Gasteiger partial charge is 0.371 e. The van der Waals surface area contributed by atoms with Gasteiger partial charge in [-0.1, -0.05) is 99.3 Å². The Hall–Kier alpha value is -4.06.